The maximum absolute atomic E-state index is 12.4. The van der Waals surface area contributed by atoms with Crippen LogP contribution in [0.15, 0.2) is 24.3 Å². The molecule has 0 aliphatic heterocycles. The van der Waals surface area contributed by atoms with Crippen molar-refractivity contribution in [2.45, 2.75) is 44.1 Å². The molecule has 4 atom stereocenters. The summed E-state index contributed by atoms with van der Waals surface area (Å²) in [5, 5.41) is 12.6. The summed E-state index contributed by atoms with van der Waals surface area (Å²) in [5.41, 5.74) is 1.18. The van der Waals surface area contributed by atoms with Gasteiger partial charge >= 0.3 is 0 Å². The number of hydrogen-bond acceptors (Lipinski definition) is 3. The fourth-order valence-electron chi connectivity index (χ4n) is 3.63. The molecule has 1 aromatic rings. The predicted octanol–water partition coefficient (Wildman–Crippen LogP) is 2.47. The third-order valence-corrected chi connectivity index (χ3v) is 5.12. The SMILES string of the molecule is COc1cccc(C2CC2C(=O)NC2CCCCC2CO)c1. The minimum atomic E-state index is 0.0772. The number of aliphatic hydroxyl groups is 1. The van der Waals surface area contributed by atoms with Crippen LogP contribution in [-0.2, 0) is 4.79 Å². The minimum Gasteiger partial charge on any atom is -0.497 e. The molecule has 4 unspecified atom stereocenters. The summed E-state index contributed by atoms with van der Waals surface area (Å²) in [6, 6.07) is 8.14. The minimum absolute atomic E-state index is 0.0772. The van der Waals surface area contributed by atoms with E-state index in [9.17, 15) is 9.90 Å². The zero-order valence-electron chi connectivity index (χ0n) is 13.1. The Morgan fingerprint density at radius 3 is 2.95 bits per heavy atom. The van der Waals surface area contributed by atoms with Gasteiger partial charge in [0, 0.05) is 24.5 Å². The maximum atomic E-state index is 12.4. The first-order chi connectivity index (χ1) is 10.7. The van der Waals surface area contributed by atoms with Gasteiger partial charge in [0.05, 0.1) is 7.11 Å². The van der Waals surface area contributed by atoms with Crippen molar-refractivity contribution < 1.29 is 14.6 Å². The van der Waals surface area contributed by atoms with Crippen LogP contribution < -0.4 is 10.1 Å². The fourth-order valence-corrected chi connectivity index (χ4v) is 3.63. The van der Waals surface area contributed by atoms with E-state index in [1.165, 1.54) is 5.56 Å². The van der Waals surface area contributed by atoms with Crippen LogP contribution in [0.3, 0.4) is 0 Å². The van der Waals surface area contributed by atoms with Crippen molar-refractivity contribution in [2.24, 2.45) is 11.8 Å². The molecule has 3 rings (SSSR count). The number of rotatable bonds is 5. The number of benzene rings is 1. The van der Waals surface area contributed by atoms with Crippen LogP contribution in [0, 0.1) is 11.8 Å². The van der Waals surface area contributed by atoms with Gasteiger partial charge in [0.1, 0.15) is 5.75 Å². The van der Waals surface area contributed by atoms with E-state index in [2.05, 4.69) is 11.4 Å². The lowest BCUT2D eigenvalue weighted by Gasteiger charge is -2.31. The van der Waals surface area contributed by atoms with Crippen LogP contribution >= 0.6 is 0 Å². The molecule has 0 heterocycles. The number of carbonyl (C=O) groups is 1. The summed E-state index contributed by atoms with van der Waals surface area (Å²) in [5.74, 6) is 1.61. The fraction of sp³-hybridized carbons (Fsp3) is 0.611. The molecule has 4 heteroatoms. The molecular weight excluding hydrogens is 278 g/mol. The Labute approximate surface area is 131 Å². The number of ether oxygens (including phenoxy) is 1. The smallest absolute Gasteiger partial charge is 0.223 e. The van der Waals surface area contributed by atoms with E-state index in [0.717, 1.165) is 37.9 Å². The third kappa shape index (κ3) is 3.27. The van der Waals surface area contributed by atoms with Gasteiger partial charge in [0.15, 0.2) is 0 Å². The summed E-state index contributed by atoms with van der Waals surface area (Å²) in [6.45, 7) is 0.176. The van der Waals surface area contributed by atoms with Crippen LogP contribution in [-0.4, -0.2) is 30.8 Å². The van der Waals surface area contributed by atoms with Crippen molar-refractivity contribution in [3.63, 3.8) is 0 Å². The zero-order valence-corrected chi connectivity index (χ0v) is 13.1. The number of hydrogen-bond donors (Lipinski definition) is 2. The lowest BCUT2D eigenvalue weighted by molar-refractivity contribution is -0.123. The first-order valence-corrected chi connectivity index (χ1v) is 8.28. The normalized spacial score (nSPS) is 30.6. The molecular formula is C18H25NO3. The second-order valence-electron chi connectivity index (χ2n) is 6.57. The van der Waals surface area contributed by atoms with Crippen LogP contribution in [0.4, 0.5) is 0 Å². The van der Waals surface area contributed by atoms with Crippen molar-refractivity contribution in [1.29, 1.82) is 0 Å². The van der Waals surface area contributed by atoms with Crippen LogP contribution in [0.5, 0.6) is 5.75 Å². The predicted molar refractivity (Wildman–Crippen MR) is 84.8 cm³/mol. The average molecular weight is 303 g/mol. The summed E-state index contributed by atoms with van der Waals surface area (Å²) < 4.78 is 5.25. The summed E-state index contributed by atoms with van der Waals surface area (Å²) in [6.07, 6.45) is 5.23. The van der Waals surface area contributed by atoms with Gasteiger partial charge in [-0.05, 0) is 42.9 Å². The molecule has 1 amide bonds. The molecule has 1 aromatic carbocycles. The highest BCUT2D eigenvalue weighted by molar-refractivity contribution is 5.83. The molecule has 120 valence electrons. The van der Waals surface area contributed by atoms with E-state index in [-0.39, 0.29) is 30.4 Å². The van der Waals surface area contributed by atoms with Gasteiger partial charge in [-0.2, -0.15) is 0 Å². The van der Waals surface area contributed by atoms with Crippen molar-refractivity contribution in [3.05, 3.63) is 29.8 Å². The molecule has 0 saturated heterocycles. The Morgan fingerprint density at radius 2 is 2.18 bits per heavy atom. The van der Waals surface area contributed by atoms with E-state index in [4.69, 9.17) is 4.74 Å². The van der Waals surface area contributed by atoms with Crippen LogP contribution in [0.2, 0.25) is 0 Å². The van der Waals surface area contributed by atoms with Crippen LogP contribution in [0.1, 0.15) is 43.6 Å². The van der Waals surface area contributed by atoms with Gasteiger partial charge in [-0.1, -0.05) is 25.0 Å². The number of methoxy groups -OCH3 is 1. The van der Waals surface area contributed by atoms with Gasteiger partial charge in [-0.3, -0.25) is 4.79 Å². The van der Waals surface area contributed by atoms with E-state index < -0.39 is 0 Å². The Bertz CT molecular complexity index is 531. The van der Waals surface area contributed by atoms with E-state index >= 15 is 0 Å². The Kier molecular flexibility index (Phi) is 4.67. The van der Waals surface area contributed by atoms with E-state index in [1.54, 1.807) is 7.11 Å². The zero-order chi connectivity index (χ0) is 15.5. The molecule has 4 nitrogen and oxygen atoms in total. The van der Waals surface area contributed by atoms with Crippen molar-refractivity contribution >= 4 is 5.91 Å². The van der Waals surface area contributed by atoms with Crippen molar-refractivity contribution in [2.75, 3.05) is 13.7 Å². The second-order valence-corrected chi connectivity index (χ2v) is 6.57. The average Bonchev–Trinajstić information content (AvgIpc) is 3.36. The topological polar surface area (TPSA) is 58.6 Å². The van der Waals surface area contributed by atoms with Gasteiger partial charge in [-0.25, -0.2) is 0 Å². The number of amides is 1. The van der Waals surface area contributed by atoms with Gasteiger partial charge in [-0.15, -0.1) is 0 Å². The summed E-state index contributed by atoms with van der Waals surface area (Å²) >= 11 is 0. The lowest BCUT2D eigenvalue weighted by Crippen LogP contribution is -2.44. The first kappa shape index (κ1) is 15.3. The quantitative estimate of drug-likeness (QED) is 0.878. The second kappa shape index (κ2) is 6.69. The van der Waals surface area contributed by atoms with E-state index in [0.29, 0.717) is 5.92 Å². The molecule has 0 aromatic heterocycles. The Hall–Kier alpha value is -1.55. The highest BCUT2D eigenvalue weighted by Crippen LogP contribution is 2.48. The Morgan fingerprint density at radius 1 is 1.36 bits per heavy atom. The van der Waals surface area contributed by atoms with Gasteiger partial charge in [0.2, 0.25) is 5.91 Å². The molecule has 0 bridgehead atoms. The standard InChI is InChI=1S/C18H25NO3/c1-22-14-7-4-6-12(9-14)15-10-16(15)18(21)19-17-8-3-2-5-13(17)11-20/h4,6-7,9,13,15-17,20H,2-3,5,8,10-11H2,1H3,(H,19,21). The number of nitrogens with one attached hydrogen (secondary N) is 1. The lowest BCUT2D eigenvalue weighted by atomic mass is 9.85. The molecule has 2 aliphatic carbocycles. The molecule has 22 heavy (non-hydrogen) atoms. The van der Waals surface area contributed by atoms with Crippen molar-refractivity contribution in [3.8, 4) is 5.75 Å². The number of carbonyl (C=O) groups excluding carboxylic acids is 1. The van der Waals surface area contributed by atoms with Gasteiger partial charge < -0.3 is 15.2 Å². The van der Waals surface area contributed by atoms with Crippen molar-refractivity contribution in [1.82, 2.24) is 5.32 Å². The van der Waals surface area contributed by atoms with E-state index in [1.807, 2.05) is 18.2 Å². The molecule has 0 radical (unpaired) electrons. The number of aliphatic hydroxyl groups excluding tert-OH is 1. The maximum Gasteiger partial charge on any atom is 0.223 e. The third-order valence-electron chi connectivity index (χ3n) is 5.12. The molecule has 2 saturated carbocycles. The Balaban J connectivity index is 1.58. The van der Waals surface area contributed by atoms with Gasteiger partial charge in [0.25, 0.3) is 0 Å². The monoisotopic (exact) mass is 303 g/mol. The molecule has 2 fully saturated rings. The molecule has 2 aliphatic rings. The molecule has 0 spiro atoms. The highest BCUT2D eigenvalue weighted by atomic mass is 16.5. The first-order valence-electron chi connectivity index (χ1n) is 8.28. The van der Waals surface area contributed by atoms with Crippen LogP contribution in [0.25, 0.3) is 0 Å². The largest absolute Gasteiger partial charge is 0.497 e. The summed E-state index contributed by atoms with van der Waals surface area (Å²) in [4.78, 5) is 12.4. The molecule has 2 N–H and O–H groups in total. The summed E-state index contributed by atoms with van der Waals surface area (Å²) in [7, 11) is 1.66. The highest BCUT2D eigenvalue weighted by Gasteiger charge is 2.45.